The number of hydrogen-bond donors (Lipinski definition) is 3. The van der Waals surface area contributed by atoms with Crippen LogP contribution in [0.4, 0.5) is 0 Å². The molecule has 0 aliphatic heterocycles. The Labute approximate surface area is 113 Å². The van der Waals surface area contributed by atoms with Gasteiger partial charge in [-0.3, -0.25) is 0 Å². The number of nitrogens with one attached hydrogen (secondary N) is 1. The lowest BCUT2D eigenvalue weighted by molar-refractivity contribution is -0.0275. The van der Waals surface area contributed by atoms with Gasteiger partial charge in [0, 0.05) is 5.39 Å². The quantitative estimate of drug-likeness (QED) is 0.746. The molecular weight excluding hydrogens is 242 g/mol. The van der Waals surface area contributed by atoms with Crippen molar-refractivity contribution in [2.75, 3.05) is 13.7 Å². The lowest BCUT2D eigenvalue weighted by atomic mass is 9.82. The molecule has 19 heavy (non-hydrogen) atoms. The van der Waals surface area contributed by atoms with E-state index in [9.17, 15) is 10.2 Å². The van der Waals surface area contributed by atoms with Crippen LogP contribution in [0.2, 0.25) is 0 Å². The van der Waals surface area contributed by atoms with E-state index in [1.807, 2.05) is 31.2 Å². The van der Waals surface area contributed by atoms with E-state index in [0.29, 0.717) is 6.42 Å². The van der Waals surface area contributed by atoms with Gasteiger partial charge in [0.2, 0.25) is 0 Å². The van der Waals surface area contributed by atoms with Crippen molar-refractivity contribution < 1.29 is 14.6 Å². The normalized spacial score (nSPS) is 16.4. The van der Waals surface area contributed by atoms with Crippen LogP contribution in [0.1, 0.15) is 25.3 Å². The summed E-state index contributed by atoms with van der Waals surface area (Å²) in [5.41, 5.74) is 0.522. The molecule has 0 bridgehead atoms. The largest absolute Gasteiger partial charge is 0.464 e. The summed E-state index contributed by atoms with van der Waals surface area (Å²) in [6, 6.07) is 7.13. The van der Waals surface area contributed by atoms with Gasteiger partial charge in [-0.15, -0.1) is 0 Å². The Morgan fingerprint density at radius 3 is 2.79 bits per heavy atom. The number of benzene rings is 1. The van der Waals surface area contributed by atoms with Crippen molar-refractivity contribution in [1.82, 2.24) is 5.32 Å². The zero-order valence-electron chi connectivity index (χ0n) is 11.4. The van der Waals surface area contributed by atoms with Crippen molar-refractivity contribution in [2.45, 2.75) is 31.4 Å². The van der Waals surface area contributed by atoms with Crippen LogP contribution in [-0.2, 0) is 5.60 Å². The lowest BCUT2D eigenvalue weighted by Crippen LogP contribution is -2.49. The highest BCUT2D eigenvalue weighted by molar-refractivity contribution is 5.78. The van der Waals surface area contributed by atoms with E-state index in [1.54, 1.807) is 13.3 Å². The molecule has 0 radical (unpaired) electrons. The van der Waals surface area contributed by atoms with Gasteiger partial charge in [0.25, 0.3) is 0 Å². The molecule has 0 saturated carbocycles. The van der Waals surface area contributed by atoms with Crippen LogP contribution in [0.5, 0.6) is 0 Å². The highest BCUT2D eigenvalue weighted by Crippen LogP contribution is 2.32. The van der Waals surface area contributed by atoms with Gasteiger partial charge < -0.3 is 19.9 Å². The summed E-state index contributed by atoms with van der Waals surface area (Å²) in [4.78, 5) is 0. The van der Waals surface area contributed by atoms with Gasteiger partial charge in [-0.2, -0.15) is 0 Å². The van der Waals surface area contributed by atoms with E-state index < -0.39 is 11.6 Å². The molecule has 2 unspecified atom stereocenters. The molecule has 1 aromatic heterocycles. The molecule has 2 aromatic rings. The molecular formula is C15H21NO3. The number of fused-ring (bicyclic) bond motifs is 1. The summed E-state index contributed by atoms with van der Waals surface area (Å²) >= 11 is 0. The highest BCUT2D eigenvalue weighted by atomic mass is 16.3. The second kappa shape index (κ2) is 5.74. The standard InChI is InChI=1S/C15H21NO3/c1-3-7-15(18,14(10-17)16-2)12-4-5-13-11(9-12)6-8-19-13/h4-6,8-9,14,16-18H,3,7,10H2,1-2H3. The zero-order chi connectivity index (χ0) is 13.9. The van der Waals surface area contributed by atoms with Crippen LogP contribution in [0.3, 0.4) is 0 Å². The van der Waals surface area contributed by atoms with Crippen LogP contribution in [0.25, 0.3) is 11.0 Å². The molecule has 0 spiro atoms. The molecule has 4 nitrogen and oxygen atoms in total. The first-order valence-corrected chi connectivity index (χ1v) is 6.64. The van der Waals surface area contributed by atoms with Gasteiger partial charge in [-0.1, -0.05) is 19.4 Å². The maximum Gasteiger partial charge on any atom is 0.133 e. The van der Waals surface area contributed by atoms with Gasteiger partial charge in [0.1, 0.15) is 11.2 Å². The second-order valence-corrected chi connectivity index (χ2v) is 4.87. The Kier molecular flexibility index (Phi) is 4.24. The molecule has 2 atom stereocenters. The van der Waals surface area contributed by atoms with E-state index in [0.717, 1.165) is 23.0 Å². The first-order chi connectivity index (χ1) is 9.15. The van der Waals surface area contributed by atoms with E-state index in [-0.39, 0.29) is 6.61 Å². The van der Waals surface area contributed by atoms with Crippen molar-refractivity contribution >= 4 is 11.0 Å². The van der Waals surface area contributed by atoms with Crippen LogP contribution >= 0.6 is 0 Å². The monoisotopic (exact) mass is 263 g/mol. The van der Waals surface area contributed by atoms with Gasteiger partial charge in [-0.25, -0.2) is 0 Å². The molecule has 1 aromatic carbocycles. The summed E-state index contributed by atoms with van der Waals surface area (Å²) in [5.74, 6) is 0. The fourth-order valence-corrected chi connectivity index (χ4v) is 2.62. The summed E-state index contributed by atoms with van der Waals surface area (Å²) in [6.07, 6.45) is 3.05. The van der Waals surface area contributed by atoms with E-state index in [2.05, 4.69) is 5.32 Å². The van der Waals surface area contributed by atoms with Crippen molar-refractivity contribution in [3.05, 3.63) is 36.1 Å². The third kappa shape index (κ3) is 2.52. The van der Waals surface area contributed by atoms with Crippen molar-refractivity contribution in [1.29, 1.82) is 0 Å². The predicted octanol–water partition coefficient (Wildman–Crippen LogP) is 2.00. The molecule has 0 fully saturated rings. The number of aliphatic hydroxyl groups is 2. The van der Waals surface area contributed by atoms with Gasteiger partial charge in [0.05, 0.1) is 18.9 Å². The van der Waals surface area contributed by atoms with E-state index in [1.165, 1.54) is 0 Å². The van der Waals surface area contributed by atoms with Crippen LogP contribution in [0, 0.1) is 0 Å². The number of rotatable bonds is 6. The summed E-state index contributed by atoms with van der Waals surface area (Å²) in [6.45, 7) is 1.90. The number of furan rings is 1. The van der Waals surface area contributed by atoms with Crippen LogP contribution in [0.15, 0.2) is 34.9 Å². The topological polar surface area (TPSA) is 65.6 Å². The fraction of sp³-hybridized carbons (Fsp3) is 0.467. The minimum atomic E-state index is -1.08. The van der Waals surface area contributed by atoms with Gasteiger partial charge >= 0.3 is 0 Å². The number of aliphatic hydroxyl groups excluding tert-OH is 1. The van der Waals surface area contributed by atoms with Crippen molar-refractivity contribution in [2.24, 2.45) is 0 Å². The molecule has 4 heteroatoms. The molecule has 0 aliphatic rings. The third-order valence-electron chi connectivity index (χ3n) is 3.69. The molecule has 0 saturated heterocycles. The molecule has 0 aliphatic carbocycles. The highest BCUT2D eigenvalue weighted by Gasteiger charge is 2.36. The fourth-order valence-electron chi connectivity index (χ4n) is 2.62. The van der Waals surface area contributed by atoms with Crippen molar-refractivity contribution in [3.63, 3.8) is 0 Å². The predicted molar refractivity (Wildman–Crippen MR) is 75.0 cm³/mol. The Morgan fingerprint density at radius 2 is 2.16 bits per heavy atom. The maximum atomic E-state index is 11.0. The smallest absolute Gasteiger partial charge is 0.133 e. The Hall–Kier alpha value is -1.36. The number of hydrogen-bond acceptors (Lipinski definition) is 4. The average Bonchev–Trinajstić information content (AvgIpc) is 2.87. The molecule has 104 valence electrons. The van der Waals surface area contributed by atoms with Crippen LogP contribution < -0.4 is 5.32 Å². The summed E-state index contributed by atoms with van der Waals surface area (Å²) in [5, 5.41) is 24.4. The minimum Gasteiger partial charge on any atom is -0.464 e. The Balaban J connectivity index is 2.46. The number of likely N-dealkylation sites (N-methyl/N-ethyl adjacent to an activating group) is 1. The molecule has 0 amide bonds. The Morgan fingerprint density at radius 1 is 1.37 bits per heavy atom. The first kappa shape index (κ1) is 14.1. The second-order valence-electron chi connectivity index (χ2n) is 4.87. The first-order valence-electron chi connectivity index (χ1n) is 6.64. The lowest BCUT2D eigenvalue weighted by Gasteiger charge is -2.35. The van der Waals surface area contributed by atoms with E-state index in [4.69, 9.17) is 4.42 Å². The minimum absolute atomic E-state index is 0.115. The van der Waals surface area contributed by atoms with Gasteiger partial charge in [-0.05, 0) is 37.2 Å². The molecule has 1 heterocycles. The Bertz CT molecular complexity index is 533. The van der Waals surface area contributed by atoms with Gasteiger partial charge in [0.15, 0.2) is 0 Å². The van der Waals surface area contributed by atoms with E-state index >= 15 is 0 Å². The van der Waals surface area contributed by atoms with Crippen LogP contribution in [-0.4, -0.2) is 29.9 Å². The third-order valence-corrected chi connectivity index (χ3v) is 3.69. The summed E-state index contributed by atoms with van der Waals surface area (Å²) in [7, 11) is 1.75. The average molecular weight is 263 g/mol. The maximum absolute atomic E-state index is 11.0. The zero-order valence-corrected chi connectivity index (χ0v) is 11.4. The summed E-state index contributed by atoms with van der Waals surface area (Å²) < 4.78 is 5.31. The SMILES string of the molecule is CCCC(O)(c1ccc2occc2c1)C(CO)NC. The molecule has 3 N–H and O–H groups in total. The molecule has 2 rings (SSSR count). The van der Waals surface area contributed by atoms with Crippen molar-refractivity contribution in [3.8, 4) is 0 Å².